The van der Waals surface area contributed by atoms with Gasteiger partial charge >= 0.3 is 0 Å². The summed E-state index contributed by atoms with van der Waals surface area (Å²) in [6, 6.07) is 0. The van der Waals surface area contributed by atoms with Crippen molar-refractivity contribution >= 4 is 6.29 Å². The number of aldehydes is 1. The Morgan fingerprint density at radius 1 is 1.64 bits per heavy atom. The molecule has 0 saturated heterocycles. The molecule has 0 bridgehead atoms. The highest BCUT2D eigenvalue weighted by molar-refractivity contribution is 5.52. The Morgan fingerprint density at radius 2 is 2.27 bits per heavy atom. The Labute approximate surface area is 68.8 Å². The van der Waals surface area contributed by atoms with Crippen LogP contribution >= 0.6 is 0 Å². The lowest BCUT2D eigenvalue weighted by Gasteiger charge is -2.02. The van der Waals surface area contributed by atoms with Crippen molar-refractivity contribution in [3.8, 4) is 0 Å². The molecule has 0 saturated carbocycles. The molecule has 0 aliphatic carbocycles. The van der Waals surface area contributed by atoms with Crippen LogP contribution in [-0.2, 0) is 4.79 Å². The minimum atomic E-state index is 0.188. The Bertz CT molecular complexity index is 147. The van der Waals surface area contributed by atoms with Crippen molar-refractivity contribution in [3.63, 3.8) is 0 Å². The Morgan fingerprint density at radius 3 is 2.73 bits per heavy atom. The summed E-state index contributed by atoms with van der Waals surface area (Å²) in [5, 5.41) is 0. The maximum Gasteiger partial charge on any atom is 0.122 e. The number of hydrogen-bond acceptors (Lipinski definition) is 1. The van der Waals surface area contributed by atoms with Crippen LogP contribution < -0.4 is 0 Å². The molecular formula is C10H16O. The van der Waals surface area contributed by atoms with Crippen molar-refractivity contribution in [3.05, 3.63) is 24.8 Å². The van der Waals surface area contributed by atoms with Crippen LogP contribution in [0.4, 0.5) is 0 Å². The van der Waals surface area contributed by atoms with E-state index in [0.717, 1.165) is 31.1 Å². The predicted molar refractivity (Wildman–Crippen MR) is 48.4 cm³/mol. The minimum Gasteiger partial charge on any atom is -0.303 e. The summed E-state index contributed by atoms with van der Waals surface area (Å²) in [5.41, 5.74) is 1.06. The van der Waals surface area contributed by atoms with E-state index in [0.29, 0.717) is 0 Å². The van der Waals surface area contributed by atoms with Gasteiger partial charge in [-0.25, -0.2) is 0 Å². The van der Waals surface area contributed by atoms with Gasteiger partial charge < -0.3 is 4.79 Å². The van der Waals surface area contributed by atoms with E-state index >= 15 is 0 Å². The van der Waals surface area contributed by atoms with Crippen LogP contribution in [-0.4, -0.2) is 6.29 Å². The summed E-state index contributed by atoms with van der Waals surface area (Å²) < 4.78 is 0. The molecule has 0 fully saturated rings. The Kier molecular flexibility index (Phi) is 5.44. The molecule has 1 atom stereocenters. The molecule has 0 aromatic carbocycles. The molecular weight excluding hydrogens is 136 g/mol. The molecule has 0 heterocycles. The molecule has 0 aliphatic heterocycles. The van der Waals surface area contributed by atoms with E-state index in [2.05, 4.69) is 13.2 Å². The van der Waals surface area contributed by atoms with E-state index in [4.69, 9.17) is 0 Å². The first-order chi connectivity index (χ1) is 5.20. The highest BCUT2D eigenvalue weighted by Crippen LogP contribution is 2.09. The normalized spacial score (nSPS) is 12.1. The van der Waals surface area contributed by atoms with Crippen molar-refractivity contribution in [1.82, 2.24) is 0 Å². The van der Waals surface area contributed by atoms with Crippen molar-refractivity contribution < 1.29 is 4.79 Å². The summed E-state index contributed by atoms with van der Waals surface area (Å²) in [6.07, 6.45) is 5.71. The average Bonchev–Trinajstić information content (AvgIpc) is 2.04. The lowest BCUT2D eigenvalue weighted by molar-refractivity contribution is -0.110. The second-order valence-corrected chi connectivity index (χ2v) is 2.87. The van der Waals surface area contributed by atoms with Gasteiger partial charge in [0.25, 0.3) is 0 Å². The van der Waals surface area contributed by atoms with E-state index < -0.39 is 0 Å². The summed E-state index contributed by atoms with van der Waals surface area (Å²) in [6.45, 7) is 9.33. The Hall–Kier alpha value is -0.850. The summed E-state index contributed by atoms with van der Waals surface area (Å²) in [4.78, 5) is 10.2. The van der Waals surface area contributed by atoms with Gasteiger partial charge in [0.1, 0.15) is 6.29 Å². The van der Waals surface area contributed by atoms with E-state index in [1.165, 1.54) is 0 Å². The number of carbonyl (C=O) groups excluding carboxylic acids is 1. The average molecular weight is 152 g/mol. The molecule has 1 nitrogen and oxygen atoms in total. The zero-order chi connectivity index (χ0) is 8.69. The molecule has 0 rings (SSSR count). The van der Waals surface area contributed by atoms with Crippen LogP contribution in [0.1, 0.15) is 26.2 Å². The molecule has 0 aliphatic rings. The first kappa shape index (κ1) is 10.2. The largest absolute Gasteiger partial charge is 0.303 e. The first-order valence-corrected chi connectivity index (χ1v) is 3.96. The van der Waals surface area contributed by atoms with Gasteiger partial charge in [0.15, 0.2) is 0 Å². The van der Waals surface area contributed by atoms with Crippen molar-refractivity contribution in [1.29, 1.82) is 0 Å². The smallest absolute Gasteiger partial charge is 0.122 e. The molecule has 62 valence electrons. The molecule has 1 heteroatoms. The van der Waals surface area contributed by atoms with Crippen molar-refractivity contribution in [2.24, 2.45) is 5.92 Å². The van der Waals surface area contributed by atoms with E-state index in [9.17, 15) is 4.79 Å². The topological polar surface area (TPSA) is 17.1 Å². The second-order valence-electron chi connectivity index (χ2n) is 2.87. The molecule has 0 spiro atoms. The molecule has 0 N–H and O–H groups in total. The predicted octanol–water partition coefficient (Wildman–Crippen LogP) is 2.73. The van der Waals surface area contributed by atoms with Gasteiger partial charge in [-0.15, -0.1) is 0 Å². The van der Waals surface area contributed by atoms with Gasteiger partial charge in [-0.3, -0.25) is 0 Å². The van der Waals surface area contributed by atoms with E-state index in [1.54, 1.807) is 6.08 Å². The fourth-order valence-corrected chi connectivity index (χ4v) is 0.821. The van der Waals surface area contributed by atoms with Crippen LogP contribution in [0.2, 0.25) is 0 Å². The van der Waals surface area contributed by atoms with E-state index in [1.807, 2.05) is 6.92 Å². The Balaban J connectivity index is 3.33. The zero-order valence-corrected chi connectivity index (χ0v) is 7.18. The SMILES string of the molecule is C=CC(=C)CCCC(C)C=O. The fraction of sp³-hybridized carbons (Fsp3) is 0.500. The molecule has 0 aromatic heterocycles. The summed E-state index contributed by atoms with van der Waals surface area (Å²) in [7, 11) is 0. The van der Waals surface area contributed by atoms with Gasteiger partial charge in [0, 0.05) is 5.92 Å². The molecule has 0 amide bonds. The molecule has 0 radical (unpaired) electrons. The third kappa shape index (κ3) is 5.59. The zero-order valence-electron chi connectivity index (χ0n) is 7.18. The fourth-order valence-electron chi connectivity index (χ4n) is 0.821. The van der Waals surface area contributed by atoms with Gasteiger partial charge in [0.2, 0.25) is 0 Å². The highest BCUT2D eigenvalue weighted by atomic mass is 16.1. The highest BCUT2D eigenvalue weighted by Gasteiger charge is 1.98. The summed E-state index contributed by atoms with van der Waals surface area (Å²) >= 11 is 0. The van der Waals surface area contributed by atoms with Gasteiger partial charge in [-0.1, -0.05) is 31.7 Å². The lowest BCUT2D eigenvalue weighted by Crippen LogP contribution is -1.94. The monoisotopic (exact) mass is 152 g/mol. The number of hydrogen-bond donors (Lipinski definition) is 0. The van der Waals surface area contributed by atoms with Crippen molar-refractivity contribution in [2.45, 2.75) is 26.2 Å². The van der Waals surface area contributed by atoms with Gasteiger partial charge in [-0.05, 0) is 19.3 Å². The maximum atomic E-state index is 10.2. The maximum absolute atomic E-state index is 10.2. The molecule has 11 heavy (non-hydrogen) atoms. The quantitative estimate of drug-likeness (QED) is 0.422. The standard InChI is InChI=1S/C10H16O/c1-4-9(2)6-5-7-10(3)8-11/h4,8,10H,1-2,5-7H2,3H3. The number of allylic oxidation sites excluding steroid dienone is 2. The number of rotatable bonds is 6. The second kappa shape index (κ2) is 5.90. The summed E-state index contributed by atoms with van der Waals surface area (Å²) in [5.74, 6) is 0.188. The van der Waals surface area contributed by atoms with Crippen LogP contribution in [0, 0.1) is 5.92 Å². The third-order valence-corrected chi connectivity index (χ3v) is 1.68. The van der Waals surface area contributed by atoms with Crippen molar-refractivity contribution in [2.75, 3.05) is 0 Å². The third-order valence-electron chi connectivity index (χ3n) is 1.68. The number of carbonyl (C=O) groups is 1. The molecule has 0 aromatic rings. The van der Waals surface area contributed by atoms with Crippen LogP contribution in [0.15, 0.2) is 24.8 Å². The van der Waals surface area contributed by atoms with Gasteiger partial charge in [-0.2, -0.15) is 0 Å². The lowest BCUT2D eigenvalue weighted by atomic mass is 10.0. The first-order valence-electron chi connectivity index (χ1n) is 3.96. The van der Waals surface area contributed by atoms with Crippen LogP contribution in [0.25, 0.3) is 0 Å². The van der Waals surface area contributed by atoms with E-state index in [-0.39, 0.29) is 5.92 Å². The molecule has 1 unspecified atom stereocenters. The van der Waals surface area contributed by atoms with Crippen LogP contribution in [0.5, 0.6) is 0 Å². The minimum absolute atomic E-state index is 0.188. The van der Waals surface area contributed by atoms with Gasteiger partial charge in [0.05, 0.1) is 0 Å². The van der Waals surface area contributed by atoms with Crippen LogP contribution in [0.3, 0.4) is 0 Å².